The molecule has 5 heteroatoms. The summed E-state index contributed by atoms with van der Waals surface area (Å²) in [6.07, 6.45) is 9.56. The lowest BCUT2D eigenvalue weighted by molar-refractivity contribution is -0.128. The van der Waals surface area contributed by atoms with Crippen LogP contribution in [0.25, 0.3) is 0 Å². The van der Waals surface area contributed by atoms with Crippen LogP contribution in [0.2, 0.25) is 0 Å². The second kappa shape index (κ2) is 12.5. The van der Waals surface area contributed by atoms with E-state index in [4.69, 9.17) is 0 Å². The summed E-state index contributed by atoms with van der Waals surface area (Å²) in [6.45, 7) is 5.59. The standard InChI is InChI=1S/C23H35IN2O2/c1-3-5-16-25-22(27)21(18-12-8-7-9-13-18)26(17-6-4-2)23(28)19-14-10-11-15-20(19)24/h10-11,14-15,18,21H,3-9,12-13,16-17H2,1-2H3,(H,25,27). The van der Waals surface area contributed by atoms with Crippen LogP contribution in [0.4, 0.5) is 0 Å². The Morgan fingerprint density at radius 2 is 1.79 bits per heavy atom. The van der Waals surface area contributed by atoms with Gasteiger partial charge in [-0.15, -0.1) is 0 Å². The lowest BCUT2D eigenvalue weighted by atomic mass is 9.82. The van der Waals surface area contributed by atoms with Gasteiger partial charge in [0, 0.05) is 16.7 Å². The van der Waals surface area contributed by atoms with Crippen molar-refractivity contribution in [3.05, 3.63) is 33.4 Å². The molecule has 0 spiro atoms. The third-order valence-corrected chi connectivity index (χ3v) is 6.59. The van der Waals surface area contributed by atoms with E-state index in [0.717, 1.165) is 54.9 Å². The van der Waals surface area contributed by atoms with E-state index in [1.54, 1.807) is 0 Å². The van der Waals surface area contributed by atoms with Crippen molar-refractivity contribution >= 4 is 34.4 Å². The Hall–Kier alpha value is -1.11. The molecule has 28 heavy (non-hydrogen) atoms. The van der Waals surface area contributed by atoms with Crippen LogP contribution < -0.4 is 5.32 Å². The van der Waals surface area contributed by atoms with Gasteiger partial charge < -0.3 is 10.2 Å². The summed E-state index contributed by atoms with van der Waals surface area (Å²) in [7, 11) is 0. The first kappa shape index (κ1) is 23.2. The first-order chi connectivity index (χ1) is 13.6. The van der Waals surface area contributed by atoms with Crippen molar-refractivity contribution < 1.29 is 9.59 Å². The number of benzene rings is 1. The monoisotopic (exact) mass is 498 g/mol. The molecular formula is C23H35IN2O2. The molecule has 2 amide bonds. The fourth-order valence-electron chi connectivity index (χ4n) is 4.04. The Kier molecular flexibility index (Phi) is 10.3. The molecular weight excluding hydrogens is 463 g/mol. The summed E-state index contributed by atoms with van der Waals surface area (Å²) in [6, 6.07) is 7.35. The van der Waals surface area contributed by atoms with Crippen LogP contribution in [0.5, 0.6) is 0 Å². The normalized spacial score (nSPS) is 15.8. The maximum Gasteiger partial charge on any atom is 0.255 e. The Labute approximate surface area is 184 Å². The minimum atomic E-state index is -0.354. The maximum absolute atomic E-state index is 13.5. The molecule has 0 radical (unpaired) electrons. The number of hydrogen-bond donors (Lipinski definition) is 1. The molecule has 1 fully saturated rings. The molecule has 0 saturated heterocycles. The van der Waals surface area contributed by atoms with E-state index in [1.807, 2.05) is 29.2 Å². The van der Waals surface area contributed by atoms with E-state index in [0.29, 0.717) is 18.7 Å². The predicted molar refractivity (Wildman–Crippen MR) is 123 cm³/mol. The number of nitrogens with zero attached hydrogens (tertiary/aromatic N) is 1. The topological polar surface area (TPSA) is 49.4 Å². The van der Waals surface area contributed by atoms with Gasteiger partial charge in [-0.3, -0.25) is 9.59 Å². The van der Waals surface area contributed by atoms with Gasteiger partial charge in [-0.05, 0) is 66.3 Å². The van der Waals surface area contributed by atoms with Crippen LogP contribution in [0.3, 0.4) is 0 Å². The quantitative estimate of drug-likeness (QED) is 0.347. The van der Waals surface area contributed by atoms with Gasteiger partial charge >= 0.3 is 0 Å². The van der Waals surface area contributed by atoms with Gasteiger partial charge in [-0.25, -0.2) is 0 Å². The predicted octanol–water partition coefficient (Wildman–Crippen LogP) is 5.40. The summed E-state index contributed by atoms with van der Waals surface area (Å²) < 4.78 is 0.945. The van der Waals surface area contributed by atoms with Crippen molar-refractivity contribution in [1.29, 1.82) is 0 Å². The SMILES string of the molecule is CCCCNC(=O)C(C1CCCCC1)N(CCCC)C(=O)c1ccccc1I. The highest BCUT2D eigenvalue weighted by molar-refractivity contribution is 14.1. The third-order valence-electron chi connectivity index (χ3n) is 5.65. The summed E-state index contributed by atoms with van der Waals surface area (Å²) in [5, 5.41) is 3.12. The Bertz CT molecular complexity index is 629. The lowest BCUT2D eigenvalue weighted by Crippen LogP contribution is -2.54. The molecule has 1 aliphatic rings. The first-order valence-electron chi connectivity index (χ1n) is 10.9. The van der Waals surface area contributed by atoms with Crippen molar-refractivity contribution in [3.8, 4) is 0 Å². The highest BCUT2D eigenvalue weighted by atomic mass is 127. The molecule has 1 N–H and O–H groups in total. The molecule has 156 valence electrons. The second-order valence-electron chi connectivity index (χ2n) is 7.82. The van der Waals surface area contributed by atoms with Gasteiger partial charge in [0.1, 0.15) is 6.04 Å². The summed E-state index contributed by atoms with van der Waals surface area (Å²) in [5.74, 6) is 0.299. The van der Waals surface area contributed by atoms with Crippen molar-refractivity contribution in [2.75, 3.05) is 13.1 Å². The van der Waals surface area contributed by atoms with E-state index in [9.17, 15) is 9.59 Å². The zero-order chi connectivity index (χ0) is 20.4. The van der Waals surface area contributed by atoms with Crippen molar-refractivity contribution in [1.82, 2.24) is 10.2 Å². The highest BCUT2D eigenvalue weighted by Crippen LogP contribution is 2.31. The van der Waals surface area contributed by atoms with Gasteiger partial charge in [0.25, 0.3) is 5.91 Å². The number of amides is 2. The number of rotatable bonds is 10. The van der Waals surface area contributed by atoms with E-state index in [2.05, 4.69) is 41.8 Å². The molecule has 4 nitrogen and oxygen atoms in total. The Balaban J connectivity index is 2.32. The summed E-state index contributed by atoms with van der Waals surface area (Å²) in [4.78, 5) is 28.7. The van der Waals surface area contributed by atoms with Crippen LogP contribution in [-0.2, 0) is 4.79 Å². The van der Waals surface area contributed by atoms with Crippen LogP contribution in [0.1, 0.15) is 82.0 Å². The van der Waals surface area contributed by atoms with E-state index in [-0.39, 0.29) is 23.8 Å². The highest BCUT2D eigenvalue weighted by Gasteiger charge is 2.37. The number of nitrogens with one attached hydrogen (secondary N) is 1. The molecule has 1 atom stereocenters. The molecule has 2 rings (SSSR count). The van der Waals surface area contributed by atoms with E-state index in [1.165, 1.54) is 6.42 Å². The van der Waals surface area contributed by atoms with E-state index < -0.39 is 0 Å². The Morgan fingerprint density at radius 1 is 1.11 bits per heavy atom. The van der Waals surface area contributed by atoms with Crippen LogP contribution in [0, 0.1) is 9.49 Å². The van der Waals surface area contributed by atoms with Gasteiger partial charge in [-0.2, -0.15) is 0 Å². The summed E-state index contributed by atoms with van der Waals surface area (Å²) in [5.41, 5.74) is 0.710. The maximum atomic E-state index is 13.5. The zero-order valence-electron chi connectivity index (χ0n) is 17.4. The fourth-order valence-corrected chi connectivity index (χ4v) is 4.66. The average Bonchev–Trinajstić information content (AvgIpc) is 2.71. The largest absolute Gasteiger partial charge is 0.354 e. The summed E-state index contributed by atoms with van der Waals surface area (Å²) >= 11 is 2.22. The smallest absolute Gasteiger partial charge is 0.255 e. The number of unbranched alkanes of at least 4 members (excludes halogenated alkanes) is 2. The lowest BCUT2D eigenvalue weighted by Gasteiger charge is -2.38. The fraction of sp³-hybridized carbons (Fsp3) is 0.652. The molecule has 1 aromatic carbocycles. The molecule has 0 heterocycles. The zero-order valence-corrected chi connectivity index (χ0v) is 19.5. The van der Waals surface area contributed by atoms with Crippen molar-refractivity contribution in [2.24, 2.45) is 5.92 Å². The van der Waals surface area contributed by atoms with Crippen molar-refractivity contribution in [3.63, 3.8) is 0 Å². The minimum Gasteiger partial charge on any atom is -0.354 e. The van der Waals surface area contributed by atoms with Gasteiger partial charge in [0.2, 0.25) is 5.91 Å². The first-order valence-corrected chi connectivity index (χ1v) is 12.0. The van der Waals surface area contributed by atoms with Gasteiger partial charge in [0.05, 0.1) is 5.56 Å². The number of halogens is 1. The van der Waals surface area contributed by atoms with Crippen LogP contribution in [-0.4, -0.2) is 35.8 Å². The Morgan fingerprint density at radius 3 is 2.43 bits per heavy atom. The van der Waals surface area contributed by atoms with Crippen LogP contribution >= 0.6 is 22.6 Å². The van der Waals surface area contributed by atoms with Gasteiger partial charge in [0.15, 0.2) is 0 Å². The average molecular weight is 498 g/mol. The molecule has 0 aliphatic heterocycles. The van der Waals surface area contributed by atoms with Crippen molar-refractivity contribution in [2.45, 2.75) is 77.7 Å². The second-order valence-corrected chi connectivity index (χ2v) is 8.98. The number of carbonyl (C=O) groups excluding carboxylic acids is 2. The third kappa shape index (κ3) is 6.46. The number of carbonyl (C=O) groups is 2. The number of hydrogen-bond acceptors (Lipinski definition) is 2. The van der Waals surface area contributed by atoms with E-state index >= 15 is 0 Å². The molecule has 0 bridgehead atoms. The molecule has 0 aromatic heterocycles. The molecule has 1 aromatic rings. The van der Waals surface area contributed by atoms with Gasteiger partial charge in [-0.1, -0.05) is 58.1 Å². The minimum absolute atomic E-state index is 0.000310. The molecule has 1 unspecified atom stereocenters. The van der Waals surface area contributed by atoms with Crippen LogP contribution in [0.15, 0.2) is 24.3 Å². The molecule has 1 saturated carbocycles. The molecule has 1 aliphatic carbocycles.